The van der Waals surface area contributed by atoms with Crippen molar-refractivity contribution in [3.63, 3.8) is 0 Å². The monoisotopic (exact) mass is 406 g/mol. The van der Waals surface area contributed by atoms with E-state index in [-0.39, 0.29) is 23.7 Å². The van der Waals surface area contributed by atoms with Crippen molar-refractivity contribution in [3.05, 3.63) is 35.6 Å². The fourth-order valence-corrected chi connectivity index (χ4v) is 4.07. The molecule has 1 atom stereocenters. The number of esters is 1. The van der Waals surface area contributed by atoms with Crippen LogP contribution in [0, 0.1) is 11.7 Å². The molecule has 1 aromatic rings. The summed E-state index contributed by atoms with van der Waals surface area (Å²) in [7, 11) is 3.20. The highest BCUT2D eigenvalue weighted by Gasteiger charge is 2.28. The third-order valence-corrected chi connectivity index (χ3v) is 5.71. The van der Waals surface area contributed by atoms with Crippen LogP contribution in [0.15, 0.2) is 29.3 Å². The van der Waals surface area contributed by atoms with E-state index in [0.29, 0.717) is 19.8 Å². The predicted molar refractivity (Wildman–Crippen MR) is 109 cm³/mol. The zero-order valence-corrected chi connectivity index (χ0v) is 17.3. The number of hydrogen-bond donors (Lipinski definition) is 1. The fourth-order valence-electron chi connectivity index (χ4n) is 4.07. The molecule has 3 rings (SSSR count). The van der Waals surface area contributed by atoms with Gasteiger partial charge in [0, 0.05) is 39.8 Å². The molecule has 1 N–H and O–H groups in total. The van der Waals surface area contributed by atoms with E-state index in [1.807, 2.05) is 6.07 Å². The molecule has 1 unspecified atom stereocenters. The van der Waals surface area contributed by atoms with Gasteiger partial charge in [-0.15, -0.1) is 0 Å². The Morgan fingerprint density at radius 3 is 2.66 bits per heavy atom. The molecule has 0 radical (unpaired) electrons. The Labute approximate surface area is 171 Å². The van der Waals surface area contributed by atoms with Crippen LogP contribution < -0.4 is 5.32 Å². The van der Waals surface area contributed by atoms with E-state index in [9.17, 15) is 9.18 Å². The van der Waals surface area contributed by atoms with Gasteiger partial charge in [-0.25, -0.2) is 4.39 Å². The first-order chi connectivity index (χ1) is 14.1. The molecule has 29 heavy (non-hydrogen) atoms. The maximum atomic E-state index is 13.8. The van der Waals surface area contributed by atoms with Gasteiger partial charge in [0.15, 0.2) is 5.96 Å². The number of hydrogen-bond acceptors (Lipinski definition) is 5. The number of guanidine groups is 1. The van der Waals surface area contributed by atoms with Crippen LogP contribution in [0.4, 0.5) is 4.39 Å². The molecule has 2 aliphatic rings. The van der Waals surface area contributed by atoms with Crippen molar-refractivity contribution in [2.75, 3.05) is 60.1 Å². The topological polar surface area (TPSA) is 66.4 Å². The Bertz CT molecular complexity index is 701. The first kappa shape index (κ1) is 21.5. The van der Waals surface area contributed by atoms with Crippen molar-refractivity contribution >= 4 is 11.9 Å². The number of nitrogens with zero attached hydrogens (tertiary/aromatic N) is 3. The molecule has 0 spiro atoms. The highest BCUT2D eigenvalue weighted by molar-refractivity contribution is 5.80. The maximum Gasteiger partial charge on any atom is 0.308 e. The van der Waals surface area contributed by atoms with Crippen molar-refractivity contribution < 1.29 is 18.7 Å². The molecule has 2 heterocycles. The Morgan fingerprint density at radius 1 is 1.31 bits per heavy atom. The Morgan fingerprint density at radius 2 is 2.03 bits per heavy atom. The van der Waals surface area contributed by atoms with Gasteiger partial charge in [-0.1, -0.05) is 12.1 Å². The molecule has 0 aromatic heterocycles. The summed E-state index contributed by atoms with van der Waals surface area (Å²) in [5.74, 6) is 0.409. The zero-order valence-electron chi connectivity index (χ0n) is 17.3. The Kier molecular flexibility index (Phi) is 7.83. The molecule has 0 amide bonds. The zero-order chi connectivity index (χ0) is 20.6. The lowest BCUT2D eigenvalue weighted by Crippen LogP contribution is -2.49. The quantitative estimate of drug-likeness (QED) is 0.456. The highest BCUT2D eigenvalue weighted by Crippen LogP contribution is 2.23. The first-order valence-corrected chi connectivity index (χ1v) is 10.2. The van der Waals surface area contributed by atoms with Gasteiger partial charge < -0.3 is 19.7 Å². The minimum Gasteiger partial charge on any atom is -0.469 e. The lowest BCUT2D eigenvalue weighted by molar-refractivity contribution is -0.146. The molecule has 0 bridgehead atoms. The summed E-state index contributed by atoms with van der Waals surface area (Å²) in [6, 6.07) is 6.82. The number of carbonyl (C=O) groups excluding carboxylic acids is 1. The third-order valence-electron chi connectivity index (χ3n) is 5.71. The first-order valence-electron chi connectivity index (χ1n) is 10.2. The molecular weight excluding hydrogens is 375 g/mol. The van der Waals surface area contributed by atoms with E-state index in [1.165, 1.54) is 13.2 Å². The summed E-state index contributed by atoms with van der Waals surface area (Å²) in [5, 5.41) is 3.47. The summed E-state index contributed by atoms with van der Waals surface area (Å²) in [6.07, 6.45) is 1.51. The number of piperidine rings is 1. The molecule has 2 fully saturated rings. The minimum absolute atomic E-state index is 0.0268. The molecule has 7 nitrogen and oxygen atoms in total. The summed E-state index contributed by atoms with van der Waals surface area (Å²) in [5.41, 5.74) is 0.944. The van der Waals surface area contributed by atoms with Crippen LogP contribution in [0.25, 0.3) is 0 Å². The van der Waals surface area contributed by atoms with Gasteiger partial charge in [-0.05, 0) is 30.5 Å². The standard InChI is InChI=1S/C21H31FN4O3/c1-23-21(26-8-6-16(7-9-26)20(27)28-2)24-15-19(25-10-12-29-13-11-25)17-4-3-5-18(22)14-17/h3-5,14,16,19H,6-13,15H2,1-2H3,(H,23,24). The number of aliphatic imine (C=N–C) groups is 1. The number of nitrogens with one attached hydrogen (secondary N) is 1. The molecule has 2 aliphatic heterocycles. The number of morpholine rings is 1. The maximum absolute atomic E-state index is 13.8. The predicted octanol–water partition coefficient (Wildman–Crippen LogP) is 1.66. The van der Waals surface area contributed by atoms with Crippen LogP contribution in [0.1, 0.15) is 24.4 Å². The van der Waals surface area contributed by atoms with Crippen LogP contribution in [0.5, 0.6) is 0 Å². The van der Waals surface area contributed by atoms with Crippen molar-refractivity contribution in [1.82, 2.24) is 15.1 Å². The Balaban J connectivity index is 1.64. The van der Waals surface area contributed by atoms with Crippen molar-refractivity contribution in [2.45, 2.75) is 18.9 Å². The molecule has 1 aromatic carbocycles. The van der Waals surface area contributed by atoms with Gasteiger partial charge in [0.1, 0.15) is 5.82 Å². The number of halogens is 1. The second-order valence-corrected chi connectivity index (χ2v) is 7.43. The number of methoxy groups -OCH3 is 1. The van der Waals surface area contributed by atoms with Gasteiger partial charge >= 0.3 is 5.97 Å². The normalized spacial score (nSPS) is 20.4. The number of benzene rings is 1. The van der Waals surface area contributed by atoms with Crippen molar-refractivity contribution in [3.8, 4) is 0 Å². The van der Waals surface area contributed by atoms with Gasteiger partial charge in [0.25, 0.3) is 0 Å². The number of likely N-dealkylation sites (tertiary alicyclic amines) is 1. The lowest BCUT2D eigenvalue weighted by Gasteiger charge is -2.37. The van der Waals surface area contributed by atoms with Crippen LogP contribution in [0.2, 0.25) is 0 Å². The van der Waals surface area contributed by atoms with E-state index in [4.69, 9.17) is 9.47 Å². The molecule has 0 saturated carbocycles. The van der Waals surface area contributed by atoms with Gasteiger partial charge in [-0.2, -0.15) is 0 Å². The van der Waals surface area contributed by atoms with Crippen molar-refractivity contribution in [2.24, 2.45) is 10.9 Å². The molecule has 160 valence electrons. The highest BCUT2D eigenvalue weighted by atomic mass is 19.1. The number of rotatable bonds is 5. The summed E-state index contributed by atoms with van der Waals surface area (Å²) in [6.45, 7) is 5.11. The largest absolute Gasteiger partial charge is 0.469 e. The average Bonchev–Trinajstić information content (AvgIpc) is 2.77. The SMILES string of the molecule is CN=C(NCC(c1cccc(F)c1)N1CCOCC1)N1CCC(C(=O)OC)CC1. The van der Waals surface area contributed by atoms with Gasteiger partial charge in [0.05, 0.1) is 32.3 Å². The minimum atomic E-state index is -0.227. The summed E-state index contributed by atoms with van der Waals surface area (Å²) >= 11 is 0. The van der Waals surface area contributed by atoms with E-state index in [0.717, 1.165) is 50.5 Å². The van der Waals surface area contributed by atoms with Crippen LogP contribution in [-0.4, -0.2) is 81.8 Å². The van der Waals surface area contributed by atoms with Crippen LogP contribution in [-0.2, 0) is 14.3 Å². The molecule has 0 aliphatic carbocycles. The smallest absolute Gasteiger partial charge is 0.308 e. The van der Waals surface area contributed by atoms with E-state index in [1.54, 1.807) is 19.2 Å². The van der Waals surface area contributed by atoms with Gasteiger partial charge in [-0.3, -0.25) is 14.7 Å². The third kappa shape index (κ3) is 5.67. The second-order valence-electron chi connectivity index (χ2n) is 7.43. The van der Waals surface area contributed by atoms with Crippen LogP contribution in [0.3, 0.4) is 0 Å². The Hall–Kier alpha value is -2.19. The van der Waals surface area contributed by atoms with Crippen molar-refractivity contribution in [1.29, 1.82) is 0 Å². The average molecular weight is 407 g/mol. The molecule has 2 saturated heterocycles. The van der Waals surface area contributed by atoms with E-state index < -0.39 is 0 Å². The second kappa shape index (κ2) is 10.5. The number of carbonyl (C=O) groups is 1. The molecular formula is C21H31FN4O3. The van der Waals surface area contributed by atoms with Crippen LogP contribution >= 0.6 is 0 Å². The lowest BCUT2D eigenvalue weighted by atomic mass is 9.97. The van der Waals surface area contributed by atoms with E-state index in [2.05, 4.69) is 20.1 Å². The fraction of sp³-hybridized carbons (Fsp3) is 0.619. The number of ether oxygens (including phenoxy) is 2. The summed E-state index contributed by atoms with van der Waals surface area (Å²) < 4.78 is 24.2. The van der Waals surface area contributed by atoms with E-state index >= 15 is 0 Å². The summed E-state index contributed by atoms with van der Waals surface area (Å²) in [4.78, 5) is 20.7. The van der Waals surface area contributed by atoms with Gasteiger partial charge in [0.2, 0.25) is 0 Å². The molecule has 8 heteroatoms.